The predicted octanol–water partition coefficient (Wildman–Crippen LogP) is 1.31. The summed E-state index contributed by atoms with van der Waals surface area (Å²) in [6, 6.07) is 5.61. The fourth-order valence-corrected chi connectivity index (χ4v) is 1.88. The van der Waals surface area contributed by atoms with E-state index in [1.165, 1.54) is 6.92 Å². The average Bonchev–Trinajstić information content (AvgIpc) is 2.77. The van der Waals surface area contributed by atoms with Crippen LogP contribution in [0.3, 0.4) is 0 Å². The molecular weight excluding hydrogens is 262 g/mol. The van der Waals surface area contributed by atoms with Crippen LogP contribution < -0.4 is 5.32 Å². The summed E-state index contributed by atoms with van der Waals surface area (Å²) in [6.45, 7) is 3.21. The normalized spacial score (nSPS) is 13.9. The number of hydrogen-bond donors (Lipinski definition) is 3. The van der Waals surface area contributed by atoms with Crippen molar-refractivity contribution in [2.75, 3.05) is 0 Å². The molecule has 20 heavy (non-hydrogen) atoms. The van der Waals surface area contributed by atoms with Crippen molar-refractivity contribution in [3.05, 3.63) is 35.6 Å². The lowest BCUT2D eigenvalue weighted by atomic mass is 10.1. The molecule has 0 radical (unpaired) electrons. The van der Waals surface area contributed by atoms with Gasteiger partial charge in [0.15, 0.2) is 11.8 Å². The fraction of sp³-hybridized carbons (Fsp3) is 0.286. The molecule has 0 aliphatic heterocycles. The maximum Gasteiger partial charge on any atom is 0.328 e. The van der Waals surface area contributed by atoms with Crippen LogP contribution in [0.25, 0.3) is 11.0 Å². The summed E-state index contributed by atoms with van der Waals surface area (Å²) >= 11 is 0. The first kappa shape index (κ1) is 14.1. The zero-order chi connectivity index (χ0) is 14.9. The molecule has 0 fully saturated rings. The van der Waals surface area contributed by atoms with Gasteiger partial charge in [-0.05, 0) is 32.0 Å². The smallest absolute Gasteiger partial charge is 0.328 e. The second-order valence-electron chi connectivity index (χ2n) is 4.68. The number of aryl methyl sites for hydroxylation is 1. The Morgan fingerprint density at radius 1 is 1.30 bits per heavy atom. The van der Waals surface area contributed by atoms with E-state index >= 15 is 0 Å². The van der Waals surface area contributed by atoms with E-state index in [1.807, 2.05) is 19.1 Å². The summed E-state index contributed by atoms with van der Waals surface area (Å²) < 4.78 is 5.36. The van der Waals surface area contributed by atoms with Crippen molar-refractivity contribution in [2.24, 2.45) is 0 Å². The molecule has 1 heterocycles. The Hall–Kier alpha value is -2.34. The average molecular weight is 277 g/mol. The van der Waals surface area contributed by atoms with Crippen LogP contribution in [0.4, 0.5) is 0 Å². The molecule has 2 rings (SSSR count). The number of carboxylic acid groups (broad SMARTS) is 1. The molecule has 1 amide bonds. The Bertz CT molecular complexity index is 659. The molecule has 6 heteroatoms. The minimum Gasteiger partial charge on any atom is -0.480 e. The van der Waals surface area contributed by atoms with Gasteiger partial charge >= 0.3 is 5.97 Å². The summed E-state index contributed by atoms with van der Waals surface area (Å²) in [5.74, 6) is -1.97. The van der Waals surface area contributed by atoms with Gasteiger partial charge < -0.3 is 19.9 Å². The highest BCUT2D eigenvalue weighted by atomic mass is 16.4. The minimum atomic E-state index is -1.38. The van der Waals surface area contributed by atoms with Crippen molar-refractivity contribution < 1.29 is 24.2 Å². The van der Waals surface area contributed by atoms with E-state index < -0.39 is 24.0 Å². The standard InChI is InChI=1S/C14H15NO5/c1-7-3-4-10-9(5-7)6-11(20-10)13(17)15-12(8(2)16)14(18)19/h3-6,8,12,16H,1-2H3,(H,15,17)(H,18,19)/t8-,12+/m1/s1. The molecule has 1 aromatic carbocycles. The molecule has 2 atom stereocenters. The molecule has 0 bridgehead atoms. The van der Waals surface area contributed by atoms with Gasteiger partial charge in [-0.25, -0.2) is 4.79 Å². The van der Waals surface area contributed by atoms with Crippen molar-refractivity contribution in [3.63, 3.8) is 0 Å². The van der Waals surface area contributed by atoms with Crippen LogP contribution in [-0.4, -0.2) is 34.2 Å². The summed E-state index contributed by atoms with van der Waals surface area (Å²) in [4.78, 5) is 22.9. The lowest BCUT2D eigenvalue weighted by Gasteiger charge is -2.15. The van der Waals surface area contributed by atoms with Crippen molar-refractivity contribution in [1.29, 1.82) is 0 Å². The third kappa shape index (κ3) is 2.80. The van der Waals surface area contributed by atoms with Gasteiger partial charge in [0.2, 0.25) is 0 Å². The number of hydrogen-bond acceptors (Lipinski definition) is 4. The number of furan rings is 1. The number of nitrogens with one attached hydrogen (secondary N) is 1. The summed E-state index contributed by atoms with van der Waals surface area (Å²) in [5, 5.41) is 21.2. The van der Waals surface area contributed by atoms with E-state index in [1.54, 1.807) is 12.1 Å². The highest BCUT2D eigenvalue weighted by molar-refractivity contribution is 5.98. The van der Waals surface area contributed by atoms with Gasteiger partial charge in [-0.15, -0.1) is 0 Å². The number of carbonyl (C=O) groups excluding carboxylic acids is 1. The molecular formula is C14H15NO5. The van der Waals surface area contributed by atoms with Crippen molar-refractivity contribution in [2.45, 2.75) is 26.0 Å². The topological polar surface area (TPSA) is 99.8 Å². The molecule has 2 aromatic rings. The Morgan fingerprint density at radius 2 is 2.00 bits per heavy atom. The van der Waals surface area contributed by atoms with Crippen molar-refractivity contribution >= 4 is 22.8 Å². The van der Waals surface area contributed by atoms with Gasteiger partial charge in [-0.1, -0.05) is 11.6 Å². The van der Waals surface area contributed by atoms with Crippen LogP contribution in [0.15, 0.2) is 28.7 Å². The van der Waals surface area contributed by atoms with E-state index in [0.717, 1.165) is 10.9 Å². The second kappa shape index (κ2) is 5.34. The zero-order valence-electron chi connectivity index (χ0n) is 11.1. The van der Waals surface area contributed by atoms with Crippen LogP contribution in [0.2, 0.25) is 0 Å². The van der Waals surface area contributed by atoms with Gasteiger partial charge in [-0.2, -0.15) is 0 Å². The third-order valence-electron chi connectivity index (χ3n) is 2.93. The maximum atomic E-state index is 11.9. The molecule has 0 saturated carbocycles. The zero-order valence-corrected chi connectivity index (χ0v) is 11.1. The number of aliphatic hydroxyl groups is 1. The van der Waals surface area contributed by atoms with Crippen LogP contribution >= 0.6 is 0 Å². The SMILES string of the molecule is Cc1ccc2oc(C(=O)N[C@H](C(=O)O)[C@@H](C)O)cc2c1. The monoisotopic (exact) mass is 277 g/mol. The maximum absolute atomic E-state index is 11.9. The van der Waals surface area contributed by atoms with Crippen LogP contribution in [0.1, 0.15) is 23.0 Å². The number of rotatable bonds is 4. The number of aliphatic hydroxyl groups excluding tert-OH is 1. The Labute approximate surface area is 115 Å². The number of carbonyl (C=O) groups is 2. The molecule has 0 unspecified atom stereocenters. The quantitative estimate of drug-likeness (QED) is 0.782. The molecule has 3 N–H and O–H groups in total. The van der Waals surface area contributed by atoms with Gasteiger partial charge in [0.05, 0.1) is 6.10 Å². The second-order valence-corrected chi connectivity index (χ2v) is 4.68. The summed E-state index contributed by atoms with van der Waals surface area (Å²) in [5.41, 5.74) is 1.57. The van der Waals surface area contributed by atoms with Crippen LogP contribution in [0, 0.1) is 6.92 Å². The van der Waals surface area contributed by atoms with Gasteiger partial charge in [-0.3, -0.25) is 4.79 Å². The molecule has 106 valence electrons. The van der Waals surface area contributed by atoms with E-state index in [0.29, 0.717) is 5.58 Å². The number of benzene rings is 1. The molecule has 0 aliphatic rings. The van der Waals surface area contributed by atoms with Crippen LogP contribution in [-0.2, 0) is 4.79 Å². The van der Waals surface area contributed by atoms with Crippen LogP contribution in [0.5, 0.6) is 0 Å². The van der Waals surface area contributed by atoms with Crippen molar-refractivity contribution in [1.82, 2.24) is 5.32 Å². The molecule has 1 aromatic heterocycles. The number of carboxylic acids is 1. The third-order valence-corrected chi connectivity index (χ3v) is 2.93. The lowest BCUT2D eigenvalue weighted by Crippen LogP contribution is -2.47. The highest BCUT2D eigenvalue weighted by Crippen LogP contribution is 2.20. The first-order valence-corrected chi connectivity index (χ1v) is 6.10. The van der Waals surface area contributed by atoms with E-state index in [2.05, 4.69) is 5.32 Å². The lowest BCUT2D eigenvalue weighted by molar-refractivity contribution is -0.141. The highest BCUT2D eigenvalue weighted by Gasteiger charge is 2.26. The number of fused-ring (bicyclic) bond motifs is 1. The van der Waals surface area contributed by atoms with E-state index in [4.69, 9.17) is 9.52 Å². The molecule has 0 aliphatic carbocycles. The fourth-order valence-electron chi connectivity index (χ4n) is 1.88. The molecule has 0 spiro atoms. The Morgan fingerprint density at radius 3 is 2.60 bits per heavy atom. The molecule has 6 nitrogen and oxygen atoms in total. The first-order valence-electron chi connectivity index (χ1n) is 6.10. The Balaban J connectivity index is 2.25. The number of aliphatic carboxylic acids is 1. The van der Waals surface area contributed by atoms with Gasteiger partial charge in [0.25, 0.3) is 5.91 Å². The van der Waals surface area contributed by atoms with Gasteiger partial charge in [0.1, 0.15) is 5.58 Å². The summed E-state index contributed by atoms with van der Waals surface area (Å²) in [7, 11) is 0. The van der Waals surface area contributed by atoms with Crippen molar-refractivity contribution in [3.8, 4) is 0 Å². The number of amides is 1. The van der Waals surface area contributed by atoms with E-state index in [9.17, 15) is 14.7 Å². The Kier molecular flexibility index (Phi) is 3.76. The molecule has 0 saturated heterocycles. The summed E-state index contributed by atoms with van der Waals surface area (Å²) in [6.07, 6.45) is -1.21. The predicted molar refractivity (Wildman–Crippen MR) is 71.5 cm³/mol. The first-order chi connectivity index (χ1) is 9.38. The van der Waals surface area contributed by atoms with Gasteiger partial charge in [0, 0.05) is 5.39 Å². The largest absolute Gasteiger partial charge is 0.480 e. The minimum absolute atomic E-state index is 0.0116. The van der Waals surface area contributed by atoms with E-state index in [-0.39, 0.29) is 5.76 Å².